The maximum absolute atomic E-state index is 3.65. The highest BCUT2D eigenvalue weighted by molar-refractivity contribution is 4.77. The van der Waals surface area contributed by atoms with Crippen molar-refractivity contribution in [3.8, 4) is 0 Å². The second-order valence-corrected chi connectivity index (χ2v) is 5.25. The minimum atomic E-state index is 0.744. The van der Waals surface area contributed by atoms with Gasteiger partial charge >= 0.3 is 0 Å². The summed E-state index contributed by atoms with van der Waals surface area (Å²) < 4.78 is 0. The summed E-state index contributed by atoms with van der Waals surface area (Å²) >= 11 is 0. The van der Waals surface area contributed by atoms with Crippen LogP contribution < -0.4 is 5.32 Å². The fourth-order valence-corrected chi connectivity index (χ4v) is 2.38. The van der Waals surface area contributed by atoms with Crippen LogP contribution in [-0.4, -0.2) is 62.7 Å². The first-order chi connectivity index (χ1) is 7.72. The number of rotatable bonds is 7. The van der Waals surface area contributed by atoms with Crippen molar-refractivity contribution in [2.45, 2.75) is 38.6 Å². The molecule has 1 heterocycles. The van der Waals surface area contributed by atoms with E-state index < -0.39 is 0 Å². The molecule has 1 aliphatic rings. The summed E-state index contributed by atoms with van der Waals surface area (Å²) in [6.07, 6.45) is 5.28. The van der Waals surface area contributed by atoms with Gasteiger partial charge in [-0.1, -0.05) is 6.92 Å². The van der Waals surface area contributed by atoms with Gasteiger partial charge in [0.2, 0.25) is 0 Å². The molecule has 0 radical (unpaired) electrons. The van der Waals surface area contributed by atoms with Crippen molar-refractivity contribution >= 4 is 0 Å². The van der Waals surface area contributed by atoms with Gasteiger partial charge in [0.15, 0.2) is 0 Å². The van der Waals surface area contributed by atoms with E-state index in [1.807, 2.05) is 0 Å². The maximum atomic E-state index is 3.65. The molecule has 0 bridgehead atoms. The number of piperidine rings is 1. The third-order valence-electron chi connectivity index (χ3n) is 3.27. The quantitative estimate of drug-likeness (QED) is 0.709. The standard InChI is InChI=1S/C13H29N3/c1-4-8-14-13-7-5-10-16(12-13)11-6-9-15(2)3/h13-14H,4-12H2,1-3H3. The molecule has 0 amide bonds. The Balaban J connectivity index is 2.12. The monoisotopic (exact) mass is 227 g/mol. The summed E-state index contributed by atoms with van der Waals surface area (Å²) in [6, 6.07) is 0.744. The van der Waals surface area contributed by atoms with Crippen LogP contribution in [-0.2, 0) is 0 Å². The highest BCUT2D eigenvalue weighted by Gasteiger charge is 2.18. The van der Waals surface area contributed by atoms with Crippen LogP contribution in [0.2, 0.25) is 0 Å². The Labute approximate surface area is 101 Å². The zero-order valence-corrected chi connectivity index (χ0v) is 11.3. The third kappa shape index (κ3) is 5.83. The van der Waals surface area contributed by atoms with Crippen molar-refractivity contribution in [2.24, 2.45) is 0 Å². The molecule has 1 N–H and O–H groups in total. The van der Waals surface area contributed by atoms with E-state index in [9.17, 15) is 0 Å². The second kappa shape index (κ2) is 8.04. The van der Waals surface area contributed by atoms with Crippen LogP contribution >= 0.6 is 0 Å². The Morgan fingerprint density at radius 3 is 2.88 bits per heavy atom. The van der Waals surface area contributed by atoms with E-state index in [0.717, 1.165) is 6.04 Å². The van der Waals surface area contributed by atoms with E-state index in [-0.39, 0.29) is 0 Å². The summed E-state index contributed by atoms with van der Waals surface area (Å²) in [7, 11) is 4.31. The number of nitrogens with one attached hydrogen (secondary N) is 1. The first-order valence-electron chi connectivity index (χ1n) is 6.83. The van der Waals surface area contributed by atoms with Crippen molar-refractivity contribution < 1.29 is 0 Å². The molecule has 0 aliphatic carbocycles. The molecule has 1 aliphatic heterocycles. The molecule has 96 valence electrons. The Bertz CT molecular complexity index is 171. The Hall–Kier alpha value is -0.120. The summed E-state index contributed by atoms with van der Waals surface area (Å²) in [5.41, 5.74) is 0. The van der Waals surface area contributed by atoms with Gasteiger partial charge in [0.1, 0.15) is 0 Å². The lowest BCUT2D eigenvalue weighted by atomic mass is 10.1. The van der Waals surface area contributed by atoms with Gasteiger partial charge in [-0.2, -0.15) is 0 Å². The zero-order chi connectivity index (χ0) is 11.8. The molecule has 16 heavy (non-hydrogen) atoms. The number of nitrogens with zero attached hydrogens (tertiary/aromatic N) is 2. The molecule has 1 rings (SSSR count). The molecule has 1 unspecified atom stereocenters. The lowest BCUT2D eigenvalue weighted by Crippen LogP contribution is -2.46. The summed E-state index contributed by atoms with van der Waals surface area (Å²) in [5, 5.41) is 3.65. The Kier molecular flexibility index (Phi) is 7.01. The average molecular weight is 227 g/mol. The van der Waals surface area contributed by atoms with E-state index in [0.29, 0.717) is 0 Å². The molecule has 0 aromatic heterocycles. The fraction of sp³-hybridized carbons (Fsp3) is 1.00. The van der Waals surface area contributed by atoms with Gasteiger partial charge in [-0.05, 0) is 66.0 Å². The molecule has 1 fully saturated rings. The molecular weight excluding hydrogens is 198 g/mol. The zero-order valence-electron chi connectivity index (χ0n) is 11.3. The third-order valence-corrected chi connectivity index (χ3v) is 3.27. The van der Waals surface area contributed by atoms with E-state index in [1.165, 1.54) is 58.4 Å². The minimum Gasteiger partial charge on any atom is -0.313 e. The molecular formula is C13H29N3. The van der Waals surface area contributed by atoms with Crippen molar-refractivity contribution in [3.63, 3.8) is 0 Å². The van der Waals surface area contributed by atoms with E-state index in [1.54, 1.807) is 0 Å². The van der Waals surface area contributed by atoms with Crippen molar-refractivity contribution in [1.29, 1.82) is 0 Å². The van der Waals surface area contributed by atoms with Gasteiger partial charge in [0.25, 0.3) is 0 Å². The van der Waals surface area contributed by atoms with E-state index in [4.69, 9.17) is 0 Å². The van der Waals surface area contributed by atoms with Gasteiger partial charge in [-0.25, -0.2) is 0 Å². The SMILES string of the molecule is CCCNC1CCCN(CCCN(C)C)C1. The predicted molar refractivity (Wildman–Crippen MR) is 70.9 cm³/mol. The lowest BCUT2D eigenvalue weighted by Gasteiger charge is -2.33. The van der Waals surface area contributed by atoms with Crippen molar-refractivity contribution in [2.75, 3.05) is 46.8 Å². The largest absolute Gasteiger partial charge is 0.313 e. The van der Waals surface area contributed by atoms with Gasteiger partial charge in [-0.3, -0.25) is 0 Å². The van der Waals surface area contributed by atoms with Gasteiger partial charge in [0, 0.05) is 12.6 Å². The molecule has 3 nitrogen and oxygen atoms in total. The Morgan fingerprint density at radius 1 is 1.38 bits per heavy atom. The molecule has 0 saturated carbocycles. The van der Waals surface area contributed by atoms with Crippen molar-refractivity contribution in [3.05, 3.63) is 0 Å². The predicted octanol–water partition coefficient (Wildman–Crippen LogP) is 1.40. The highest BCUT2D eigenvalue weighted by Crippen LogP contribution is 2.10. The summed E-state index contributed by atoms with van der Waals surface area (Å²) in [4.78, 5) is 4.90. The summed E-state index contributed by atoms with van der Waals surface area (Å²) in [6.45, 7) is 8.46. The first kappa shape index (κ1) is 13.9. The molecule has 0 spiro atoms. The maximum Gasteiger partial charge on any atom is 0.0195 e. The number of hydrogen-bond acceptors (Lipinski definition) is 3. The molecule has 0 aromatic rings. The van der Waals surface area contributed by atoms with Crippen LogP contribution in [0.4, 0.5) is 0 Å². The van der Waals surface area contributed by atoms with E-state index in [2.05, 4.69) is 36.1 Å². The van der Waals surface area contributed by atoms with Gasteiger partial charge < -0.3 is 15.1 Å². The normalized spacial score (nSPS) is 22.9. The van der Waals surface area contributed by atoms with Crippen LogP contribution in [0, 0.1) is 0 Å². The number of hydrogen-bond donors (Lipinski definition) is 1. The smallest absolute Gasteiger partial charge is 0.0195 e. The van der Waals surface area contributed by atoms with Crippen LogP contribution in [0.3, 0.4) is 0 Å². The second-order valence-electron chi connectivity index (χ2n) is 5.25. The van der Waals surface area contributed by atoms with Crippen molar-refractivity contribution in [1.82, 2.24) is 15.1 Å². The average Bonchev–Trinajstić information content (AvgIpc) is 2.26. The Morgan fingerprint density at radius 2 is 2.19 bits per heavy atom. The first-order valence-corrected chi connectivity index (χ1v) is 6.83. The van der Waals surface area contributed by atoms with Gasteiger partial charge in [-0.15, -0.1) is 0 Å². The molecule has 3 heteroatoms. The molecule has 0 aromatic carbocycles. The lowest BCUT2D eigenvalue weighted by molar-refractivity contribution is 0.183. The van der Waals surface area contributed by atoms with Crippen LogP contribution in [0.25, 0.3) is 0 Å². The van der Waals surface area contributed by atoms with Crippen LogP contribution in [0.1, 0.15) is 32.6 Å². The fourth-order valence-electron chi connectivity index (χ4n) is 2.38. The minimum absolute atomic E-state index is 0.744. The van der Waals surface area contributed by atoms with Gasteiger partial charge in [0.05, 0.1) is 0 Å². The van der Waals surface area contributed by atoms with E-state index >= 15 is 0 Å². The van der Waals surface area contributed by atoms with Crippen LogP contribution in [0.5, 0.6) is 0 Å². The topological polar surface area (TPSA) is 18.5 Å². The highest BCUT2D eigenvalue weighted by atomic mass is 15.2. The molecule has 1 saturated heterocycles. The van der Waals surface area contributed by atoms with Crippen LogP contribution in [0.15, 0.2) is 0 Å². The summed E-state index contributed by atoms with van der Waals surface area (Å²) in [5.74, 6) is 0. The molecule has 1 atom stereocenters. The number of likely N-dealkylation sites (tertiary alicyclic amines) is 1.